The molecule has 5 nitrogen and oxygen atoms in total. The summed E-state index contributed by atoms with van der Waals surface area (Å²) in [6.45, 7) is 6.56. The van der Waals surface area contributed by atoms with Gasteiger partial charge in [-0.3, -0.25) is 9.69 Å². The molecule has 1 saturated heterocycles. The van der Waals surface area contributed by atoms with Crippen molar-refractivity contribution in [3.05, 3.63) is 64.7 Å². The lowest BCUT2D eigenvalue weighted by Gasteiger charge is -2.32. The predicted molar refractivity (Wildman–Crippen MR) is 141 cm³/mol. The number of carbonyl (C=O) groups is 1. The topological polar surface area (TPSA) is 66.5 Å². The van der Waals surface area contributed by atoms with E-state index in [0.717, 1.165) is 62.7 Å². The summed E-state index contributed by atoms with van der Waals surface area (Å²) >= 11 is 0. The van der Waals surface area contributed by atoms with Crippen molar-refractivity contribution < 1.29 is 26.4 Å². The second kappa shape index (κ2) is 11.4. The Morgan fingerprint density at radius 2 is 1.76 bits per heavy atom. The van der Waals surface area contributed by atoms with Crippen LogP contribution in [0.2, 0.25) is 0 Å². The van der Waals surface area contributed by atoms with Gasteiger partial charge in [0.15, 0.2) is 9.84 Å². The number of nitrogens with one attached hydrogen (secondary N) is 1. The maximum Gasteiger partial charge on any atom is 0.416 e. The largest absolute Gasteiger partial charge is 0.416 e. The summed E-state index contributed by atoms with van der Waals surface area (Å²) < 4.78 is 64.7. The molecule has 0 unspecified atom stereocenters. The fraction of sp³-hybridized carbons (Fsp3) is 0.552. The van der Waals surface area contributed by atoms with Gasteiger partial charge >= 0.3 is 6.18 Å². The number of carbonyl (C=O) groups excluding carboxylic acids is 1. The number of halogens is 3. The maximum atomic E-state index is 13.3. The van der Waals surface area contributed by atoms with E-state index in [4.69, 9.17) is 0 Å². The van der Waals surface area contributed by atoms with E-state index in [2.05, 4.69) is 28.4 Å². The number of hydrogen-bond acceptors (Lipinski definition) is 4. The Bertz CT molecular complexity index is 1250. The van der Waals surface area contributed by atoms with Gasteiger partial charge in [0, 0.05) is 12.0 Å². The summed E-state index contributed by atoms with van der Waals surface area (Å²) in [5.74, 6) is -0.678. The van der Waals surface area contributed by atoms with E-state index >= 15 is 0 Å². The van der Waals surface area contributed by atoms with Gasteiger partial charge in [0.25, 0.3) is 0 Å². The molecule has 9 heteroatoms. The molecule has 2 aromatic rings. The molecule has 208 valence electrons. The SMILES string of the molecule is CC(C)(CCS(=O)(=O)c1cccc(C(F)(F)F)c1)C(=O)N[C@@H]1CCCc2cc(CN3CCCCC3)ccc21. The molecule has 4 rings (SSSR count). The number of aryl methyl sites for hydroxylation is 1. The third kappa shape index (κ3) is 6.97. The minimum Gasteiger partial charge on any atom is -0.349 e. The Balaban J connectivity index is 1.39. The number of rotatable bonds is 8. The average molecular weight is 551 g/mol. The molecule has 2 aromatic carbocycles. The second-order valence-corrected chi connectivity index (χ2v) is 13.4. The molecule has 1 N–H and O–H groups in total. The quantitative estimate of drug-likeness (QED) is 0.433. The molecule has 1 aliphatic heterocycles. The first kappa shape index (κ1) is 28.6. The first-order chi connectivity index (χ1) is 17.8. The number of fused-ring (bicyclic) bond motifs is 1. The Morgan fingerprint density at radius 3 is 2.47 bits per heavy atom. The summed E-state index contributed by atoms with van der Waals surface area (Å²) in [5.41, 5.74) is 1.63. The summed E-state index contributed by atoms with van der Waals surface area (Å²) in [4.78, 5) is 15.4. The number of alkyl halides is 3. The van der Waals surface area contributed by atoms with Gasteiger partial charge < -0.3 is 5.32 Å². The van der Waals surface area contributed by atoms with E-state index in [1.165, 1.54) is 30.4 Å². The molecular formula is C29H37F3N2O3S. The highest BCUT2D eigenvalue weighted by atomic mass is 32.2. The van der Waals surface area contributed by atoms with E-state index in [1.807, 2.05) is 0 Å². The van der Waals surface area contributed by atoms with Crippen molar-refractivity contribution in [1.29, 1.82) is 0 Å². The van der Waals surface area contributed by atoms with Gasteiger partial charge in [-0.25, -0.2) is 8.42 Å². The first-order valence-corrected chi connectivity index (χ1v) is 15.1. The van der Waals surface area contributed by atoms with Crippen LogP contribution in [-0.4, -0.2) is 38.1 Å². The van der Waals surface area contributed by atoms with Crippen LogP contribution >= 0.6 is 0 Å². The van der Waals surface area contributed by atoms with E-state index < -0.39 is 32.7 Å². The number of piperidine rings is 1. The van der Waals surface area contributed by atoms with Gasteiger partial charge in [0.1, 0.15) is 0 Å². The van der Waals surface area contributed by atoms with Crippen LogP contribution in [0, 0.1) is 5.41 Å². The zero-order valence-corrected chi connectivity index (χ0v) is 22.9. The summed E-state index contributed by atoms with van der Waals surface area (Å²) in [7, 11) is -3.99. The maximum absolute atomic E-state index is 13.3. The molecule has 1 amide bonds. The molecule has 0 spiro atoms. The van der Waals surface area contributed by atoms with E-state index in [-0.39, 0.29) is 23.3 Å². The number of likely N-dealkylation sites (tertiary alicyclic amines) is 1. The summed E-state index contributed by atoms with van der Waals surface area (Å²) in [6.07, 6.45) is 1.88. The third-order valence-corrected chi connectivity index (χ3v) is 9.53. The van der Waals surface area contributed by atoms with Crippen LogP contribution in [0.3, 0.4) is 0 Å². The van der Waals surface area contributed by atoms with Gasteiger partial charge in [-0.15, -0.1) is 0 Å². The van der Waals surface area contributed by atoms with Gasteiger partial charge in [0.05, 0.1) is 22.3 Å². The van der Waals surface area contributed by atoms with Crippen molar-refractivity contribution in [2.24, 2.45) is 5.41 Å². The zero-order valence-electron chi connectivity index (χ0n) is 22.1. The molecular weight excluding hydrogens is 513 g/mol. The van der Waals surface area contributed by atoms with Crippen molar-refractivity contribution in [3.8, 4) is 0 Å². The van der Waals surface area contributed by atoms with Crippen LogP contribution in [0.1, 0.15) is 80.7 Å². The van der Waals surface area contributed by atoms with Crippen molar-refractivity contribution in [3.63, 3.8) is 0 Å². The Kier molecular flexibility index (Phi) is 8.57. The van der Waals surface area contributed by atoms with Crippen LogP contribution in [0.25, 0.3) is 0 Å². The number of hydrogen-bond donors (Lipinski definition) is 1. The second-order valence-electron chi connectivity index (χ2n) is 11.3. The lowest BCUT2D eigenvalue weighted by Crippen LogP contribution is -2.41. The summed E-state index contributed by atoms with van der Waals surface area (Å²) in [5, 5.41) is 3.13. The normalized spacial score (nSPS) is 19.1. The number of sulfone groups is 1. The molecule has 0 radical (unpaired) electrons. The minimum absolute atomic E-state index is 0.00817. The molecule has 38 heavy (non-hydrogen) atoms. The third-order valence-electron chi connectivity index (χ3n) is 7.81. The van der Waals surface area contributed by atoms with Gasteiger partial charge in [0.2, 0.25) is 5.91 Å². The highest BCUT2D eigenvalue weighted by molar-refractivity contribution is 7.91. The standard InChI is InChI=1S/C29H37F3N2O3S/c1-28(2,14-17-38(36,37)24-10-7-9-23(19-24)29(30,31)32)27(35)33-26-11-6-8-22-18-21(12-13-25(22)26)20-34-15-4-3-5-16-34/h7,9-10,12-13,18-19,26H,3-6,8,11,14-17,20H2,1-2H3,(H,33,35)/t26-/m1/s1. The molecule has 0 aromatic heterocycles. The van der Waals surface area contributed by atoms with Crippen molar-refractivity contribution in [2.75, 3.05) is 18.8 Å². The number of nitrogens with zero attached hydrogens (tertiary/aromatic N) is 1. The Hall–Kier alpha value is -2.39. The number of benzene rings is 2. The van der Waals surface area contributed by atoms with Crippen LogP contribution in [0.5, 0.6) is 0 Å². The van der Waals surface area contributed by atoms with Crippen LogP contribution < -0.4 is 5.32 Å². The molecule has 0 saturated carbocycles. The molecule has 1 atom stereocenters. The first-order valence-electron chi connectivity index (χ1n) is 13.4. The van der Waals surface area contributed by atoms with Crippen LogP contribution in [0.15, 0.2) is 47.4 Å². The van der Waals surface area contributed by atoms with E-state index in [1.54, 1.807) is 13.8 Å². The monoisotopic (exact) mass is 550 g/mol. The smallest absolute Gasteiger partial charge is 0.349 e. The van der Waals surface area contributed by atoms with Crippen LogP contribution in [0.4, 0.5) is 13.2 Å². The number of amides is 1. The van der Waals surface area contributed by atoms with Gasteiger partial charge in [-0.1, -0.05) is 44.5 Å². The fourth-order valence-corrected chi connectivity index (χ4v) is 6.94. The zero-order chi connectivity index (χ0) is 27.6. The highest BCUT2D eigenvalue weighted by Gasteiger charge is 2.34. The summed E-state index contributed by atoms with van der Waals surface area (Å²) in [6, 6.07) is 10.1. The van der Waals surface area contributed by atoms with Gasteiger partial charge in [-0.05, 0) is 86.5 Å². The predicted octanol–water partition coefficient (Wildman–Crippen LogP) is 6.08. The average Bonchev–Trinajstić information content (AvgIpc) is 2.88. The van der Waals surface area contributed by atoms with Crippen LogP contribution in [-0.2, 0) is 33.8 Å². The van der Waals surface area contributed by atoms with Crippen molar-refractivity contribution in [1.82, 2.24) is 10.2 Å². The molecule has 1 heterocycles. The molecule has 1 aliphatic carbocycles. The minimum atomic E-state index is -4.63. The highest BCUT2D eigenvalue weighted by Crippen LogP contribution is 2.34. The van der Waals surface area contributed by atoms with E-state index in [0.29, 0.717) is 6.07 Å². The molecule has 1 fully saturated rings. The Morgan fingerprint density at radius 1 is 1.03 bits per heavy atom. The van der Waals surface area contributed by atoms with Crippen molar-refractivity contribution in [2.45, 2.75) is 82.5 Å². The van der Waals surface area contributed by atoms with Crippen molar-refractivity contribution >= 4 is 15.7 Å². The molecule has 0 bridgehead atoms. The van der Waals surface area contributed by atoms with Gasteiger partial charge in [-0.2, -0.15) is 13.2 Å². The van der Waals surface area contributed by atoms with E-state index in [9.17, 15) is 26.4 Å². The Labute approximate surface area is 223 Å². The lowest BCUT2D eigenvalue weighted by atomic mass is 9.84. The molecule has 2 aliphatic rings. The fourth-order valence-electron chi connectivity index (χ4n) is 5.33. The lowest BCUT2D eigenvalue weighted by molar-refractivity contribution is -0.137.